The van der Waals surface area contributed by atoms with Crippen molar-refractivity contribution in [3.8, 4) is 11.5 Å². The molecule has 0 N–H and O–H groups in total. The van der Waals surface area contributed by atoms with Gasteiger partial charge in [0.15, 0.2) is 0 Å². The maximum atomic E-state index is 13.3. The molecule has 0 saturated carbocycles. The lowest BCUT2D eigenvalue weighted by Gasteiger charge is -2.34. The summed E-state index contributed by atoms with van der Waals surface area (Å²) in [7, 11) is 0. The van der Waals surface area contributed by atoms with Crippen molar-refractivity contribution in [3.63, 3.8) is 0 Å². The molecule has 1 saturated heterocycles. The van der Waals surface area contributed by atoms with Crippen LogP contribution in [0.2, 0.25) is 0 Å². The number of hydrogen-bond acceptors (Lipinski definition) is 5. The molecule has 0 amide bonds. The molecule has 0 aromatic carbocycles. The third kappa shape index (κ3) is 2.35. The predicted octanol–water partition coefficient (Wildman–Crippen LogP) is 2.68. The van der Waals surface area contributed by atoms with Crippen LogP contribution >= 0.6 is 0 Å². The van der Waals surface area contributed by atoms with E-state index >= 15 is 0 Å². The monoisotopic (exact) mass is 280 g/mol. The number of piperidine rings is 1. The minimum Gasteiger partial charge on any atom is -0.423 e. The Morgan fingerprint density at radius 3 is 2.70 bits per heavy atom. The highest BCUT2D eigenvalue weighted by Gasteiger charge is 2.35. The molecule has 7 heteroatoms. The van der Waals surface area contributed by atoms with Crippen molar-refractivity contribution >= 4 is 5.69 Å². The molecule has 3 heterocycles. The number of rotatable bonds is 2. The smallest absolute Gasteiger partial charge is 0.251 e. The lowest BCUT2D eigenvalue weighted by atomic mass is 10.0. The van der Waals surface area contributed by atoms with Gasteiger partial charge in [0.05, 0.1) is 16.9 Å². The molecule has 106 valence electrons. The molecule has 1 fully saturated rings. The lowest BCUT2D eigenvalue weighted by Crippen LogP contribution is -2.40. The summed E-state index contributed by atoms with van der Waals surface area (Å²) in [6, 6.07) is 1.77. The minimum atomic E-state index is -2.57. The first-order valence-electron chi connectivity index (χ1n) is 6.42. The second kappa shape index (κ2) is 4.81. The Kier molecular flexibility index (Phi) is 3.11. The van der Waals surface area contributed by atoms with Crippen LogP contribution in [0.3, 0.4) is 0 Å². The Balaban J connectivity index is 1.97. The van der Waals surface area contributed by atoms with E-state index in [1.807, 2.05) is 11.8 Å². The van der Waals surface area contributed by atoms with Gasteiger partial charge in [-0.25, -0.2) is 8.78 Å². The van der Waals surface area contributed by atoms with E-state index in [9.17, 15) is 8.78 Å². The number of alkyl halides is 2. The van der Waals surface area contributed by atoms with Crippen molar-refractivity contribution in [2.24, 2.45) is 0 Å². The molecule has 0 spiro atoms. The second-order valence-electron chi connectivity index (χ2n) is 4.88. The summed E-state index contributed by atoms with van der Waals surface area (Å²) in [5.41, 5.74) is 2.30. The fraction of sp³-hybridized carbons (Fsp3) is 0.462. The molecule has 0 aliphatic carbocycles. The van der Waals surface area contributed by atoms with E-state index in [1.165, 1.54) is 6.39 Å². The first kappa shape index (κ1) is 13.0. The van der Waals surface area contributed by atoms with E-state index in [1.54, 1.807) is 12.3 Å². The van der Waals surface area contributed by atoms with Crippen LogP contribution in [0.4, 0.5) is 14.5 Å². The Morgan fingerprint density at radius 2 is 2.05 bits per heavy atom. The summed E-state index contributed by atoms with van der Waals surface area (Å²) in [6.07, 6.45) is 2.60. The van der Waals surface area contributed by atoms with Crippen molar-refractivity contribution in [1.29, 1.82) is 0 Å². The van der Waals surface area contributed by atoms with Gasteiger partial charge in [0.25, 0.3) is 5.92 Å². The van der Waals surface area contributed by atoms with Crippen molar-refractivity contribution in [2.45, 2.75) is 25.7 Å². The van der Waals surface area contributed by atoms with E-state index in [4.69, 9.17) is 4.42 Å². The number of nitrogens with zero attached hydrogens (tertiary/aromatic N) is 4. The Morgan fingerprint density at radius 1 is 1.30 bits per heavy atom. The molecular formula is C13H14F2N4O. The van der Waals surface area contributed by atoms with Crippen LogP contribution < -0.4 is 4.90 Å². The summed E-state index contributed by atoms with van der Waals surface area (Å²) in [6.45, 7) is 2.43. The zero-order valence-corrected chi connectivity index (χ0v) is 11.0. The third-order valence-electron chi connectivity index (χ3n) is 3.51. The average molecular weight is 280 g/mol. The molecule has 2 aromatic heterocycles. The van der Waals surface area contributed by atoms with Crippen LogP contribution in [-0.2, 0) is 0 Å². The highest BCUT2D eigenvalue weighted by atomic mass is 19.3. The summed E-state index contributed by atoms with van der Waals surface area (Å²) in [5, 5.41) is 7.55. The van der Waals surface area contributed by atoms with Gasteiger partial charge >= 0.3 is 0 Å². The van der Waals surface area contributed by atoms with Crippen molar-refractivity contribution in [3.05, 3.63) is 24.4 Å². The zero-order valence-electron chi connectivity index (χ0n) is 11.0. The molecule has 20 heavy (non-hydrogen) atoms. The van der Waals surface area contributed by atoms with Gasteiger partial charge in [0.1, 0.15) is 0 Å². The third-order valence-corrected chi connectivity index (χ3v) is 3.51. The second-order valence-corrected chi connectivity index (χ2v) is 4.88. The van der Waals surface area contributed by atoms with Gasteiger partial charge in [0.2, 0.25) is 12.3 Å². The lowest BCUT2D eigenvalue weighted by molar-refractivity contribution is -0.0220. The predicted molar refractivity (Wildman–Crippen MR) is 68.7 cm³/mol. The Bertz CT molecular complexity index is 590. The molecule has 0 bridgehead atoms. The fourth-order valence-electron chi connectivity index (χ4n) is 2.48. The number of anilines is 1. The topological polar surface area (TPSA) is 55.1 Å². The molecular weight excluding hydrogens is 266 g/mol. The van der Waals surface area contributed by atoms with Crippen LogP contribution in [0.25, 0.3) is 11.5 Å². The van der Waals surface area contributed by atoms with Gasteiger partial charge in [-0.3, -0.25) is 4.98 Å². The minimum absolute atomic E-state index is 0.148. The van der Waals surface area contributed by atoms with Gasteiger partial charge in [-0.15, -0.1) is 10.2 Å². The number of hydrogen-bond donors (Lipinski definition) is 0. The summed E-state index contributed by atoms with van der Waals surface area (Å²) in [5.74, 6) is -2.19. The van der Waals surface area contributed by atoms with E-state index in [2.05, 4.69) is 15.2 Å². The van der Waals surface area contributed by atoms with Crippen molar-refractivity contribution < 1.29 is 13.2 Å². The highest BCUT2D eigenvalue weighted by Crippen LogP contribution is 2.36. The maximum Gasteiger partial charge on any atom is 0.251 e. The first-order chi connectivity index (χ1) is 9.57. The molecule has 1 aliphatic heterocycles. The SMILES string of the molecule is Cc1nccc(-c2nnco2)c1N1CCC(F)(F)CC1. The largest absolute Gasteiger partial charge is 0.423 e. The van der Waals surface area contributed by atoms with Crippen LogP contribution in [0, 0.1) is 6.92 Å². The molecule has 2 aromatic rings. The summed E-state index contributed by atoms with van der Waals surface area (Å²) in [4.78, 5) is 6.16. The quantitative estimate of drug-likeness (QED) is 0.846. The van der Waals surface area contributed by atoms with Crippen LogP contribution in [0.5, 0.6) is 0 Å². The number of aryl methyl sites for hydroxylation is 1. The fourth-order valence-corrected chi connectivity index (χ4v) is 2.48. The van der Waals surface area contributed by atoms with Crippen molar-refractivity contribution in [1.82, 2.24) is 15.2 Å². The van der Waals surface area contributed by atoms with Gasteiger partial charge in [-0.05, 0) is 13.0 Å². The molecule has 0 atom stereocenters. The van der Waals surface area contributed by atoms with E-state index in [0.29, 0.717) is 19.0 Å². The van der Waals surface area contributed by atoms with Gasteiger partial charge in [0, 0.05) is 32.1 Å². The van der Waals surface area contributed by atoms with E-state index < -0.39 is 5.92 Å². The number of halogens is 2. The molecule has 0 radical (unpaired) electrons. The standard InChI is InChI=1S/C13H14F2N4O/c1-9-11(19-6-3-13(14,15)4-7-19)10(2-5-16-9)12-18-17-8-20-12/h2,5,8H,3-4,6-7H2,1H3. The van der Waals surface area contributed by atoms with Gasteiger partial charge in [-0.2, -0.15) is 0 Å². The first-order valence-corrected chi connectivity index (χ1v) is 6.42. The number of aromatic nitrogens is 3. The molecule has 0 unspecified atom stereocenters. The molecule has 1 aliphatic rings. The Hall–Kier alpha value is -2.05. The van der Waals surface area contributed by atoms with Crippen molar-refractivity contribution in [2.75, 3.05) is 18.0 Å². The number of pyridine rings is 1. The Labute approximate surface area is 114 Å². The van der Waals surface area contributed by atoms with E-state index in [0.717, 1.165) is 16.9 Å². The molecule has 3 rings (SSSR count). The van der Waals surface area contributed by atoms with Crippen LogP contribution in [0.15, 0.2) is 23.1 Å². The summed E-state index contributed by atoms with van der Waals surface area (Å²) < 4.78 is 31.8. The van der Waals surface area contributed by atoms with Crippen LogP contribution in [0.1, 0.15) is 18.5 Å². The van der Waals surface area contributed by atoms with Gasteiger partial charge < -0.3 is 9.32 Å². The van der Waals surface area contributed by atoms with Gasteiger partial charge in [-0.1, -0.05) is 0 Å². The molecule has 5 nitrogen and oxygen atoms in total. The normalized spacial score (nSPS) is 18.2. The highest BCUT2D eigenvalue weighted by molar-refractivity contribution is 5.75. The average Bonchev–Trinajstić information content (AvgIpc) is 2.93. The van der Waals surface area contributed by atoms with E-state index in [-0.39, 0.29) is 12.8 Å². The van der Waals surface area contributed by atoms with Crippen LogP contribution in [-0.4, -0.2) is 34.2 Å². The summed E-state index contributed by atoms with van der Waals surface area (Å²) >= 11 is 0. The zero-order chi connectivity index (χ0) is 14.2. The maximum absolute atomic E-state index is 13.3.